The number of piperidine rings is 1. The number of hydrogen-bond donors (Lipinski definition) is 0. The van der Waals surface area contributed by atoms with E-state index in [1.54, 1.807) is 0 Å². The molecule has 27 heavy (non-hydrogen) atoms. The zero-order valence-electron chi connectivity index (χ0n) is 15.6. The molecule has 3 nitrogen and oxygen atoms in total. The highest BCUT2D eigenvalue weighted by atomic mass is 16.5. The number of hydrogen-bond acceptors (Lipinski definition) is 3. The number of benzene rings is 2. The van der Waals surface area contributed by atoms with Gasteiger partial charge in [-0.1, -0.05) is 73.2 Å². The van der Waals surface area contributed by atoms with E-state index in [4.69, 9.17) is 4.74 Å². The highest BCUT2D eigenvalue weighted by molar-refractivity contribution is 5.30. The first-order valence-corrected chi connectivity index (χ1v) is 9.80. The van der Waals surface area contributed by atoms with Gasteiger partial charge in [0.15, 0.2) is 0 Å². The van der Waals surface area contributed by atoms with Crippen molar-refractivity contribution in [3.8, 4) is 5.88 Å². The van der Waals surface area contributed by atoms with Crippen LogP contribution < -0.4 is 4.74 Å². The molecule has 0 N–H and O–H groups in total. The van der Waals surface area contributed by atoms with Gasteiger partial charge < -0.3 is 4.74 Å². The molecule has 1 aromatic heterocycles. The fourth-order valence-corrected chi connectivity index (χ4v) is 3.85. The number of likely N-dealkylation sites (tertiary alicyclic amines) is 1. The Morgan fingerprint density at radius 2 is 1.59 bits per heavy atom. The first-order chi connectivity index (χ1) is 13.4. The van der Waals surface area contributed by atoms with E-state index in [1.165, 1.54) is 29.5 Å². The number of ether oxygens (including phenoxy) is 1. The predicted molar refractivity (Wildman–Crippen MR) is 108 cm³/mol. The van der Waals surface area contributed by atoms with Crippen LogP contribution in [0.5, 0.6) is 5.88 Å². The number of rotatable bonds is 6. The van der Waals surface area contributed by atoms with Gasteiger partial charge in [-0.25, -0.2) is 4.98 Å². The lowest BCUT2D eigenvalue weighted by Gasteiger charge is -2.36. The Kier molecular flexibility index (Phi) is 5.80. The normalized spacial score (nSPS) is 17.6. The Labute approximate surface area is 161 Å². The van der Waals surface area contributed by atoms with Gasteiger partial charge in [0.2, 0.25) is 5.88 Å². The fraction of sp³-hybridized carbons (Fsp3) is 0.292. The molecular weight excluding hydrogens is 332 g/mol. The molecule has 0 saturated carbocycles. The zero-order valence-corrected chi connectivity index (χ0v) is 15.6. The Bertz CT molecular complexity index is 835. The summed E-state index contributed by atoms with van der Waals surface area (Å²) in [5.41, 5.74) is 3.74. The summed E-state index contributed by atoms with van der Waals surface area (Å²) < 4.78 is 6.14. The molecule has 0 spiro atoms. The molecule has 138 valence electrons. The molecule has 0 radical (unpaired) electrons. The van der Waals surface area contributed by atoms with Crippen molar-refractivity contribution in [1.29, 1.82) is 0 Å². The minimum atomic E-state index is 0.360. The van der Waals surface area contributed by atoms with Crippen molar-refractivity contribution in [3.05, 3.63) is 95.7 Å². The van der Waals surface area contributed by atoms with Crippen molar-refractivity contribution < 1.29 is 4.74 Å². The molecule has 1 aliphatic rings. The lowest BCUT2D eigenvalue weighted by molar-refractivity contribution is 0.135. The topological polar surface area (TPSA) is 25.4 Å². The third-order valence-corrected chi connectivity index (χ3v) is 5.22. The number of pyridine rings is 1. The van der Waals surface area contributed by atoms with Gasteiger partial charge in [0.1, 0.15) is 6.61 Å². The predicted octanol–water partition coefficient (Wildman–Crippen LogP) is 5.39. The Hall–Kier alpha value is -2.65. The Morgan fingerprint density at radius 3 is 2.37 bits per heavy atom. The molecule has 0 amide bonds. The standard InChI is InChI=1S/C24H26N2O/c1-3-10-20(11-4-1)18-26-17-8-7-15-23(26)22-14-9-16-25-24(22)27-19-21-12-5-2-6-13-21/h1-6,9-14,16,23H,7-8,15,17-19H2/t23-/m0/s1. The highest BCUT2D eigenvalue weighted by Gasteiger charge is 2.27. The second-order valence-corrected chi connectivity index (χ2v) is 7.14. The molecule has 2 aromatic carbocycles. The van der Waals surface area contributed by atoms with Crippen molar-refractivity contribution in [2.24, 2.45) is 0 Å². The van der Waals surface area contributed by atoms with E-state index < -0.39 is 0 Å². The number of nitrogens with zero attached hydrogens (tertiary/aromatic N) is 2. The van der Waals surface area contributed by atoms with Gasteiger partial charge in [-0.2, -0.15) is 0 Å². The third-order valence-electron chi connectivity index (χ3n) is 5.22. The van der Waals surface area contributed by atoms with E-state index in [-0.39, 0.29) is 0 Å². The summed E-state index contributed by atoms with van der Waals surface area (Å²) in [7, 11) is 0. The van der Waals surface area contributed by atoms with Crippen LogP contribution in [0.15, 0.2) is 79.0 Å². The summed E-state index contributed by atoms with van der Waals surface area (Å²) in [6.07, 6.45) is 5.49. The van der Waals surface area contributed by atoms with Crippen molar-refractivity contribution in [3.63, 3.8) is 0 Å². The van der Waals surface area contributed by atoms with E-state index in [1.807, 2.05) is 30.5 Å². The summed E-state index contributed by atoms with van der Waals surface area (Å²) in [6, 6.07) is 25.6. The smallest absolute Gasteiger partial charge is 0.218 e. The van der Waals surface area contributed by atoms with Crippen LogP contribution in [0.3, 0.4) is 0 Å². The van der Waals surface area contributed by atoms with Gasteiger partial charge in [-0.05, 0) is 36.6 Å². The fourth-order valence-electron chi connectivity index (χ4n) is 3.85. The average Bonchev–Trinajstić information content (AvgIpc) is 2.74. The lowest BCUT2D eigenvalue weighted by atomic mass is 9.95. The molecule has 0 bridgehead atoms. The van der Waals surface area contributed by atoms with E-state index in [0.717, 1.165) is 25.4 Å². The molecule has 1 atom stereocenters. The lowest BCUT2D eigenvalue weighted by Crippen LogP contribution is -2.33. The van der Waals surface area contributed by atoms with Gasteiger partial charge >= 0.3 is 0 Å². The van der Waals surface area contributed by atoms with Gasteiger partial charge in [-0.15, -0.1) is 0 Å². The highest BCUT2D eigenvalue weighted by Crippen LogP contribution is 2.36. The van der Waals surface area contributed by atoms with Gasteiger partial charge in [-0.3, -0.25) is 4.90 Å². The Morgan fingerprint density at radius 1 is 0.852 bits per heavy atom. The van der Waals surface area contributed by atoms with Crippen LogP contribution in [-0.4, -0.2) is 16.4 Å². The molecule has 0 unspecified atom stereocenters. The molecule has 0 aliphatic carbocycles. The van der Waals surface area contributed by atoms with E-state index >= 15 is 0 Å². The third kappa shape index (κ3) is 4.55. The zero-order chi connectivity index (χ0) is 18.3. The minimum absolute atomic E-state index is 0.360. The van der Waals surface area contributed by atoms with Crippen LogP contribution in [0.2, 0.25) is 0 Å². The van der Waals surface area contributed by atoms with Crippen LogP contribution in [-0.2, 0) is 13.2 Å². The average molecular weight is 358 g/mol. The molecule has 4 rings (SSSR count). The quantitative estimate of drug-likeness (QED) is 0.591. The SMILES string of the molecule is c1ccc(COc2ncccc2[C@@H]2CCCCN2Cc2ccccc2)cc1. The van der Waals surface area contributed by atoms with Crippen molar-refractivity contribution >= 4 is 0 Å². The first kappa shape index (κ1) is 17.7. The minimum Gasteiger partial charge on any atom is -0.473 e. The van der Waals surface area contributed by atoms with E-state index in [9.17, 15) is 0 Å². The van der Waals surface area contributed by atoms with Crippen molar-refractivity contribution in [1.82, 2.24) is 9.88 Å². The van der Waals surface area contributed by atoms with Crippen LogP contribution in [0, 0.1) is 0 Å². The maximum Gasteiger partial charge on any atom is 0.218 e. The second-order valence-electron chi connectivity index (χ2n) is 7.14. The summed E-state index contributed by atoms with van der Waals surface area (Å²) in [4.78, 5) is 7.14. The van der Waals surface area contributed by atoms with Gasteiger partial charge in [0.25, 0.3) is 0 Å². The summed E-state index contributed by atoms with van der Waals surface area (Å²) in [5.74, 6) is 0.770. The molecular formula is C24H26N2O. The maximum atomic E-state index is 6.14. The monoisotopic (exact) mass is 358 g/mol. The molecule has 3 heteroatoms. The van der Waals surface area contributed by atoms with Crippen molar-refractivity contribution in [2.75, 3.05) is 6.54 Å². The summed E-state index contributed by atoms with van der Waals surface area (Å²) in [6.45, 7) is 2.64. The maximum absolute atomic E-state index is 6.14. The molecule has 2 heterocycles. The van der Waals surface area contributed by atoms with Crippen LogP contribution >= 0.6 is 0 Å². The molecule has 1 aliphatic heterocycles. The van der Waals surface area contributed by atoms with E-state index in [2.05, 4.69) is 58.4 Å². The van der Waals surface area contributed by atoms with Gasteiger partial charge in [0.05, 0.1) is 0 Å². The second kappa shape index (κ2) is 8.83. The van der Waals surface area contributed by atoms with E-state index in [0.29, 0.717) is 12.6 Å². The van der Waals surface area contributed by atoms with Crippen LogP contribution in [0.4, 0.5) is 0 Å². The molecule has 3 aromatic rings. The largest absolute Gasteiger partial charge is 0.473 e. The Balaban J connectivity index is 1.53. The summed E-state index contributed by atoms with van der Waals surface area (Å²) >= 11 is 0. The first-order valence-electron chi connectivity index (χ1n) is 9.80. The van der Waals surface area contributed by atoms with Crippen LogP contribution in [0.1, 0.15) is 42.0 Å². The number of aromatic nitrogens is 1. The molecule has 1 saturated heterocycles. The summed E-state index contributed by atoms with van der Waals surface area (Å²) in [5, 5.41) is 0. The van der Waals surface area contributed by atoms with Gasteiger partial charge in [0, 0.05) is 24.3 Å². The van der Waals surface area contributed by atoms with Crippen molar-refractivity contribution in [2.45, 2.75) is 38.5 Å². The molecule has 1 fully saturated rings. The van der Waals surface area contributed by atoms with Crippen LogP contribution in [0.25, 0.3) is 0 Å².